The van der Waals surface area contributed by atoms with Crippen molar-refractivity contribution in [3.63, 3.8) is 0 Å². The van der Waals surface area contributed by atoms with Crippen LogP contribution in [0.5, 0.6) is 0 Å². The summed E-state index contributed by atoms with van der Waals surface area (Å²) in [5, 5.41) is 2.80. The largest absolute Gasteiger partial charge is 0.416 e. The van der Waals surface area contributed by atoms with Gasteiger partial charge in [0.15, 0.2) is 0 Å². The highest BCUT2D eigenvalue weighted by atomic mass is 35.5. The van der Waals surface area contributed by atoms with Gasteiger partial charge >= 0.3 is 6.18 Å². The zero-order valence-corrected chi connectivity index (χ0v) is 13.9. The molecule has 0 aromatic heterocycles. The fraction of sp³-hybridized carbons (Fsp3) is 0.571. The number of rotatable bonds is 5. The number of alkyl halides is 3. The van der Waals surface area contributed by atoms with Crippen LogP contribution in [0.25, 0.3) is 0 Å². The van der Waals surface area contributed by atoms with Crippen molar-refractivity contribution in [2.24, 2.45) is 5.92 Å². The molecule has 1 aromatic rings. The Morgan fingerprint density at radius 1 is 1.35 bits per heavy atom. The fourth-order valence-electron chi connectivity index (χ4n) is 2.54. The Kier molecular flexibility index (Phi) is 5.94. The Morgan fingerprint density at radius 3 is 2.65 bits per heavy atom. The second kappa shape index (κ2) is 7.38. The monoisotopic (exact) mass is 370 g/mol. The molecule has 130 valence electrons. The maximum atomic E-state index is 12.6. The van der Waals surface area contributed by atoms with Crippen LogP contribution in [-0.2, 0) is 16.2 Å². The number of halogens is 4. The maximum Gasteiger partial charge on any atom is 0.416 e. The molecule has 1 heterocycles. The van der Waals surface area contributed by atoms with Gasteiger partial charge in [0.05, 0.1) is 10.6 Å². The van der Waals surface area contributed by atoms with Crippen LogP contribution in [0.1, 0.15) is 24.8 Å². The molecule has 0 radical (unpaired) electrons. The highest BCUT2D eigenvalue weighted by Crippen LogP contribution is 2.33. The molecule has 2 N–H and O–H groups in total. The van der Waals surface area contributed by atoms with Gasteiger partial charge in [-0.05, 0) is 56.5 Å². The number of nitrogens with one attached hydrogen (secondary N) is 2. The predicted octanol–water partition coefficient (Wildman–Crippen LogP) is 3.03. The van der Waals surface area contributed by atoms with Gasteiger partial charge in [0, 0.05) is 6.54 Å². The SMILES string of the molecule is O=S(=O)(NCCC1CCCNC1)c1ccc(C(F)(F)F)cc1Cl. The summed E-state index contributed by atoms with van der Waals surface area (Å²) in [6.07, 6.45) is -1.80. The number of benzene rings is 1. The van der Waals surface area contributed by atoms with Gasteiger partial charge in [-0.25, -0.2) is 13.1 Å². The summed E-state index contributed by atoms with van der Waals surface area (Å²) in [5.41, 5.74) is -0.977. The third kappa shape index (κ3) is 5.07. The van der Waals surface area contributed by atoms with E-state index in [1.807, 2.05) is 0 Å². The van der Waals surface area contributed by atoms with Crippen LogP contribution in [0.15, 0.2) is 23.1 Å². The first kappa shape index (κ1) is 18.5. The Labute approximate surface area is 138 Å². The first-order valence-corrected chi connectivity index (χ1v) is 9.13. The number of hydrogen-bond acceptors (Lipinski definition) is 3. The Bertz CT molecular complexity index is 644. The average molecular weight is 371 g/mol. The van der Waals surface area contributed by atoms with Crippen LogP contribution in [0.2, 0.25) is 5.02 Å². The first-order valence-electron chi connectivity index (χ1n) is 7.27. The Morgan fingerprint density at radius 2 is 2.09 bits per heavy atom. The maximum absolute atomic E-state index is 12.6. The van der Waals surface area contributed by atoms with Crippen LogP contribution in [-0.4, -0.2) is 28.1 Å². The molecular weight excluding hydrogens is 353 g/mol. The van der Waals surface area contributed by atoms with Crippen LogP contribution in [0, 0.1) is 5.92 Å². The van der Waals surface area contributed by atoms with Gasteiger partial charge in [-0.15, -0.1) is 0 Å². The lowest BCUT2D eigenvalue weighted by atomic mass is 9.96. The van der Waals surface area contributed by atoms with Gasteiger partial charge in [-0.3, -0.25) is 0 Å². The highest BCUT2D eigenvalue weighted by Gasteiger charge is 2.32. The molecular formula is C14H18ClF3N2O2S. The molecule has 1 aromatic carbocycles. The second-order valence-electron chi connectivity index (χ2n) is 5.54. The fourth-order valence-corrected chi connectivity index (χ4v) is 4.13. The molecule has 1 fully saturated rings. The van der Waals surface area contributed by atoms with E-state index in [0.717, 1.165) is 32.0 Å². The molecule has 1 atom stereocenters. The van der Waals surface area contributed by atoms with E-state index >= 15 is 0 Å². The summed E-state index contributed by atoms with van der Waals surface area (Å²) >= 11 is 5.72. The zero-order valence-electron chi connectivity index (χ0n) is 12.3. The summed E-state index contributed by atoms with van der Waals surface area (Å²) in [7, 11) is -3.92. The summed E-state index contributed by atoms with van der Waals surface area (Å²) < 4.78 is 64.5. The minimum Gasteiger partial charge on any atom is -0.316 e. The molecule has 2 rings (SSSR count). The molecule has 1 aliphatic heterocycles. The molecule has 4 nitrogen and oxygen atoms in total. The molecule has 0 spiro atoms. The van der Waals surface area contributed by atoms with E-state index in [-0.39, 0.29) is 11.4 Å². The molecule has 1 unspecified atom stereocenters. The normalized spacial score (nSPS) is 19.7. The molecule has 0 amide bonds. The molecule has 0 aliphatic carbocycles. The molecule has 0 bridgehead atoms. The van der Waals surface area contributed by atoms with Gasteiger partial charge in [0.1, 0.15) is 4.90 Å². The topological polar surface area (TPSA) is 58.2 Å². The molecule has 23 heavy (non-hydrogen) atoms. The third-order valence-corrected chi connectivity index (χ3v) is 5.74. The highest BCUT2D eigenvalue weighted by molar-refractivity contribution is 7.89. The van der Waals surface area contributed by atoms with Gasteiger partial charge in [-0.2, -0.15) is 13.2 Å². The van der Waals surface area contributed by atoms with Crippen molar-refractivity contribution >= 4 is 21.6 Å². The Hall–Kier alpha value is -0.830. The third-order valence-electron chi connectivity index (χ3n) is 3.79. The molecule has 9 heteroatoms. The van der Waals surface area contributed by atoms with Crippen LogP contribution >= 0.6 is 11.6 Å². The van der Waals surface area contributed by atoms with Gasteiger partial charge in [0.2, 0.25) is 10.0 Å². The summed E-state index contributed by atoms with van der Waals surface area (Å²) in [6, 6.07) is 2.22. The number of hydrogen-bond donors (Lipinski definition) is 2. The van der Waals surface area contributed by atoms with Gasteiger partial charge < -0.3 is 5.32 Å². The van der Waals surface area contributed by atoms with E-state index < -0.39 is 26.8 Å². The average Bonchev–Trinajstić information content (AvgIpc) is 2.47. The van der Waals surface area contributed by atoms with Crippen LogP contribution < -0.4 is 10.0 Å². The minimum atomic E-state index is -4.56. The Balaban J connectivity index is 2.01. The second-order valence-corrected chi connectivity index (χ2v) is 7.68. The van der Waals surface area contributed by atoms with Crippen molar-refractivity contribution in [1.82, 2.24) is 10.0 Å². The van der Waals surface area contributed by atoms with E-state index in [1.54, 1.807) is 0 Å². The van der Waals surface area contributed by atoms with E-state index in [2.05, 4.69) is 10.0 Å². The van der Waals surface area contributed by atoms with Crippen LogP contribution in [0.3, 0.4) is 0 Å². The predicted molar refractivity (Wildman–Crippen MR) is 81.9 cm³/mol. The lowest BCUT2D eigenvalue weighted by Crippen LogP contribution is -2.33. The van der Waals surface area contributed by atoms with E-state index in [1.165, 1.54) is 0 Å². The molecule has 1 saturated heterocycles. The van der Waals surface area contributed by atoms with Gasteiger partial charge in [0.25, 0.3) is 0 Å². The van der Waals surface area contributed by atoms with E-state index in [9.17, 15) is 21.6 Å². The number of sulfonamides is 1. The van der Waals surface area contributed by atoms with Crippen molar-refractivity contribution in [2.75, 3.05) is 19.6 Å². The quantitative estimate of drug-likeness (QED) is 0.837. The smallest absolute Gasteiger partial charge is 0.316 e. The summed E-state index contributed by atoms with van der Waals surface area (Å²) in [4.78, 5) is -0.339. The zero-order chi connectivity index (χ0) is 17.1. The lowest BCUT2D eigenvalue weighted by Gasteiger charge is -2.22. The lowest BCUT2D eigenvalue weighted by molar-refractivity contribution is -0.137. The van der Waals surface area contributed by atoms with Crippen molar-refractivity contribution in [3.05, 3.63) is 28.8 Å². The van der Waals surface area contributed by atoms with Crippen LogP contribution in [0.4, 0.5) is 13.2 Å². The number of piperidine rings is 1. The standard InChI is InChI=1S/C14H18ClF3N2O2S/c15-12-8-11(14(16,17)18)3-4-13(12)23(21,22)20-7-5-10-2-1-6-19-9-10/h3-4,8,10,19-20H,1-2,5-7,9H2. The first-order chi connectivity index (χ1) is 10.7. The van der Waals surface area contributed by atoms with Crippen molar-refractivity contribution in [1.29, 1.82) is 0 Å². The molecule has 1 aliphatic rings. The molecule has 0 saturated carbocycles. The van der Waals surface area contributed by atoms with Crippen molar-refractivity contribution in [3.8, 4) is 0 Å². The van der Waals surface area contributed by atoms with E-state index in [0.29, 0.717) is 24.5 Å². The van der Waals surface area contributed by atoms with Crippen molar-refractivity contribution in [2.45, 2.75) is 30.3 Å². The van der Waals surface area contributed by atoms with Crippen molar-refractivity contribution < 1.29 is 21.6 Å². The summed E-state index contributed by atoms with van der Waals surface area (Å²) in [5.74, 6) is 0.398. The van der Waals surface area contributed by atoms with E-state index in [4.69, 9.17) is 11.6 Å². The minimum absolute atomic E-state index is 0.228. The summed E-state index contributed by atoms with van der Waals surface area (Å²) in [6.45, 7) is 2.05. The van der Waals surface area contributed by atoms with Gasteiger partial charge in [-0.1, -0.05) is 11.6 Å².